The van der Waals surface area contributed by atoms with Crippen molar-refractivity contribution in [3.05, 3.63) is 58.9 Å². The molecule has 0 atom stereocenters. The lowest BCUT2D eigenvalue weighted by Crippen LogP contribution is -2.50. The third-order valence-electron chi connectivity index (χ3n) is 5.36. The van der Waals surface area contributed by atoms with Gasteiger partial charge in [0.25, 0.3) is 0 Å². The number of carbonyl (C=O) groups is 1. The first-order chi connectivity index (χ1) is 15.8. The summed E-state index contributed by atoms with van der Waals surface area (Å²) in [5, 5.41) is 10.9. The molecule has 8 nitrogen and oxygen atoms in total. The Bertz CT molecular complexity index is 1170. The molecule has 2 amide bonds. The van der Waals surface area contributed by atoms with Crippen LogP contribution in [0.2, 0.25) is 5.15 Å². The molecule has 0 bridgehead atoms. The van der Waals surface area contributed by atoms with Crippen LogP contribution in [-0.4, -0.2) is 57.3 Å². The number of nitrogens with one attached hydrogen (secondary N) is 1. The van der Waals surface area contributed by atoms with Crippen LogP contribution in [0, 0.1) is 11.6 Å². The van der Waals surface area contributed by atoms with Gasteiger partial charge in [0.05, 0.1) is 5.56 Å². The highest BCUT2D eigenvalue weighted by molar-refractivity contribution is 6.30. The van der Waals surface area contributed by atoms with Crippen molar-refractivity contribution in [3.63, 3.8) is 0 Å². The Balaban J connectivity index is 1.41. The van der Waals surface area contributed by atoms with Gasteiger partial charge >= 0.3 is 6.03 Å². The van der Waals surface area contributed by atoms with Gasteiger partial charge in [0, 0.05) is 32.4 Å². The van der Waals surface area contributed by atoms with Crippen LogP contribution < -0.4 is 10.2 Å². The molecule has 1 saturated heterocycles. The second-order valence-corrected chi connectivity index (χ2v) is 8.23. The summed E-state index contributed by atoms with van der Waals surface area (Å²) in [6.45, 7) is 5.87. The van der Waals surface area contributed by atoms with Crippen molar-refractivity contribution in [2.24, 2.45) is 0 Å². The maximum absolute atomic E-state index is 14.1. The Hall–Kier alpha value is -3.40. The number of rotatable bonds is 4. The second kappa shape index (κ2) is 9.62. The minimum absolute atomic E-state index is 0.000273. The quantitative estimate of drug-likeness (QED) is 0.606. The molecule has 1 N–H and O–H groups in total. The normalized spacial score (nSPS) is 14.0. The van der Waals surface area contributed by atoms with E-state index >= 15 is 0 Å². The molecule has 1 aliphatic heterocycles. The third-order valence-corrected chi connectivity index (χ3v) is 5.65. The molecule has 172 valence electrons. The maximum Gasteiger partial charge on any atom is 0.323 e. The van der Waals surface area contributed by atoms with Crippen LogP contribution in [0.15, 0.2) is 36.5 Å². The van der Waals surface area contributed by atoms with Crippen LogP contribution >= 0.6 is 11.6 Å². The maximum atomic E-state index is 14.1. The van der Waals surface area contributed by atoms with Gasteiger partial charge in [0.15, 0.2) is 28.4 Å². The van der Waals surface area contributed by atoms with Crippen molar-refractivity contribution in [1.82, 2.24) is 25.1 Å². The molecule has 1 fully saturated rings. The van der Waals surface area contributed by atoms with Gasteiger partial charge < -0.3 is 9.80 Å². The minimum atomic E-state index is -0.984. The molecular weight excluding hydrogens is 452 g/mol. The third kappa shape index (κ3) is 5.00. The Morgan fingerprint density at radius 3 is 2.61 bits per heavy atom. The van der Waals surface area contributed by atoms with Crippen molar-refractivity contribution in [3.8, 4) is 11.4 Å². The highest BCUT2D eigenvalue weighted by Gasteiger charge is 2.23. The molecule has 3 aromatic rings. The van der Waals surface area contributed by atoms with Crippen molar-refractivity contribution in [1.29, 1.82) is 0 Å². The summed E-state index contributed by atoms with van der Waals surface area (Å²) < 4.78 is 27.7. The molecular formula is C22H22ClF2N7O. The lowest BCUT2D eigenvalue weighted by atomic mass is 10.1. The van der Waals surface area contributed by atoms with Crippen LogP contribution in [0.1, 0.15) is 25.3 Å². The molecule has 2 aromatic heterocycles. The van der Waals surface area contributed by atoms with E-state index in [1.165, 1.54) is 18.3 Å². The summed E-state index contributed by atoms with van der Waals surface area (Å²) in [5.41, 5.74) is 0.806. The standard InChI is InChI=1S/C22H22ClF2N7O/c1-13(2)15-12-17(29-30-20(15)23)27-22(33)32-10-8-31(9-11-32)18-6-7-26-21(28-18)14-4-3-5-16(24)19(14)25/h3-7,12-13H,8-11H2,1-2H3,(H,27,29,33). The Labute approximate surface area is 194 Å². The highest BCUT2D eigenvalue weighted by atomic mass is 35.5. The predicted molar refractivity (Wildman–Crippen MR) is 121 cm³/mol. The molecule has 1 aliphatic rings. The molecule has 0 saturated carbocycles. The second-order valence-electron chi connectivity index (χ2n) is 7.87. The smallest absolute Gasteiger partial charge is 0.323 e. The summed E-state index contributed by atoms with van der Waals surface area (Å²) >= 11 is 6.07. The molecule has 3 heterocycles. The van der Waals surface area contributed by atoms with E-state index in [0.29, 0.717) is 43.0 Å². The Morgan fingerprint density at radius 2 is 1.88 bits per heavy atom. The first kappa shape index (κ1) is 22.8. The fraction of sp³-hybridized carbons (Fsp3) is 0.318. The van der Waals surface area contributed by atoms with E-state index in [-0.39, 0.29) is 23.3 Å². The first-order valence-electron chi connectivity index (χ1n) is 10.4. The van der Waals surface area contributed by atoms with E-state index in [1.54, 1.807) is 17.0 Å². The fourth-order valence-electron chi connectivity index (χ4n) is 3.52. The summed E-state index contributed by atoms with van der Waals surface area (Å²) in [6.07, 6.45) is 1.51. The van der Waals surface area contributed by atoms with Crippen LogP contribution in [-0.2, 0) is 0 Å². The van der Waals surface area contributed by atoms with Gasteiger partial charge in [-0.15, -0.1) is 10.2 Å². The number of anilines is 2. The first-order valence-corrected chi connectivity index (χ1v) is 10.8. The Morgan fingerprint density at radius 1 is 1.12 bits per heavy atom. The Kier molecular flexibility index (Phi) is 6.64. The fourth-order valence-corrected chi connectivity index (χ4v) is 3.83. The van der Waals surface area contributed by atoms with Crippen molar-refractivity contribution in [2.45, 2.75) is 19.8 Å². The number of hydrogen-bond acceptors (Lipinski definition) is 6. The van der Waals surface area contributed by atoms with E-state index in [9.17, 15) is 13.6 Å². The molecule has 11 heteroatoms. The van der Waals surface area contributed by atoms with Gasteiger partial charge in [-0.2, -0.15) is 0 Å². The lowest BCUT2D eigenvalue weighted by Gasteiger charge is -2.35. The van der Waals surface area contributed by atoms with Crippen LogP contribution in [0.25, 0.3) is 11.4 Å². The largest absolute Gasteiger partial charge is 0.353 e. The zero-order valence-corrected chi connectivity index (χ0v) is 18.9. The van der Waals surface area contributed by atoms with Crippen molar-refractivity contribution in [2.75, 3.05) is 36.4 Å². The molecule has 33 heavy (non-hydrogen) atoms. The zero-order valence-electron chi connectivity index (χ0n) is 18.1. The van der Waals surface area contributed by atoms with Gasteiger partial charge in [-0.05, 0) is 35.7 Å². The number of nitrogens with zero attached hydrogens (tertiary/aromatic N) is 6. The molecule has 0 aliphatic carbocycles. The average molecular weight is 474 g/mol. The molecule has 1 aromatic carbocycles. The van der Waals surface area contributed by atoms with Crippen molar-refractivity contribution < 1.29 is 13.6 Å². The number of aromatic nitrogens is 4. The number of benzene rings is 1. The van der Waals surface area contributed by atoms with Gasteiger partial charge in [-0.1, -0.05) is 31.5 Å². The number of hydrogen-bond donors (Lipinski definition) is 1. The van der Waals surface area contributed by atoms with Crippen LogP contribution in [0.3, 0.4) is 0 Å². The molecule has 0 spiro atoms. The number of urea groups is 1. The van der Waals surface area contributed by atoms with Gasteiger partial charge in [-0.3, -0.25) is 5.32 Å². The summed E-state index contributed by atoms with van der Waals surface area (Å²) in [4.78, 5) is 24.8. The van der Waals surface area contributed by atoms with Gasteiger partial charge in [-0.25, -0.2) is 23.5 Å². The number of piperazine rings is 1. The number of carbonyl (C=O) groups excluding carboxylic acids is 1. The van der Waals surface area contributed by atoms with Gasteiger partial charge in [0.2, 0.25) is 0 Å². The number of amides is 2. The molecule has 0 radical (unpaired) electrons. The van der Waals surface area contributed by atoms with E-state index < -0.39 is 11.6 Å². The zero-order chi connectivity index (χ0) is 23.5. The highest BCUT2D eigenvalue weighted by Crippen LogP contribution is 2.25. The molecule has 4 rings (SSSR count). The topological polar surface area (TPSA) is 87.1 Å². The predicted octanol–water partition coefficient (Wildman–Crippen LogP) is 4.34. The van der Waals surface area contributed by atoms with Crippen LogP contribution in [0.4, 0.5) is 25.2 Å². The van der Waals surface area contributed by atoms with E-state index in [4.69, 9.17) is 11.6 Å². The summed E-state index contributed by atoms with van der Waals surface area (Å²) in [6, 6.07) is 7.04. The van der Waals surface area contributed by atoms with Crippen molar-refractivity contribution >= 4 is 29.3 Å². The summed E-state index contributed by atoms with van der Waals surface area (Å²) in [5.74, 6) is -0.770. The summed E-state index contributed by atoms with van der Waals surface area (Å²) in [7, 11) is 0. The van der Waals surface area contributed by atoms with Gasteiger partial charge in [0.1, 0.15) is 5.82 Å². The van der Waals surface area contributed by atoms with Crippen LogP contribution in [0.5, 0.6) is 0 Å². The number of halogens is 3. The van der Waals surface area contributed by atoms with E-state index in [1.807, 2.05) is 18.7 Å². The molecule has 0 unspecified atom stereocenters. The van der Waals surface area contributed by atoms with E-state index in [0.717, 1.165) is 11.6 Å². The average Bonchev–Trinajstić information content (AvgIpc) is 2.82. The van der Waals surface area contributed by atoms with E-state index in [2.05, 4.69) is 25.5 Å². The monoisotopic (exact) mass is 473 g/mol. The minimum Gasteiger partial charge on any atom is -0.353 e. The lowest BCUT2D eigenvalue weighted by molar-refractivity contribution is 0.208. The SMILES string of the molecule is CC(C)c1cc(NC(=O)N2CCN(c3ccnc(-c4cccc(F)c4F)n3)CC2)nnc1Cl.